The molecule has 1 saturated heterocycles. The van der Waals surface area contributed by atoms with Crippen molar-refractivity contribution in [2.24, 2.45) is 5.92 Å². The van der Waals surface area contributed by atoms with Crippen LogP contribution in [0.3, 0.4) is 0 Å². The number of para-hydroxylation sites is 2. The first-order valence-corrected chi connectivity index (χ1v) is 8.96. The van der Waals surface area contributed by atoms with Gasteiger partial charge in [0.05, 0.1) is 17.4 Å². The molecule has 1 aliphatic rings. The first-order valence-electron chi connectivity index (χ1n) is 8.96. The van der Waals surface area contributed by atoms with Crippen LogP contribution in [-0.2, 0) is 13.1 Å². The van der Waals surface area contributed by atoms with Gasteiger partial charge in [-0.2, -0.15) is 0 Å². The van der Waals surface area contributed by atoms with E-state index in [0.717, 1.165) is 24.5 Å². The lowest BCUT2D eigenvalue weighted by Crippen LogP contribution is -2.34. The molecule has 0 bridgehead atoms. The summed E-state index contributed by atoms with van der Waals surface area (Å²) < 4.78 is 2.33. The van der Waals surface area contributed by atoms with Gasteiger partial charge in [0.2, 0.25) is 0 Å². The molecule has 0 aliphatic carbocycles. The Kier molecular flexibility index (Phi) is 4.35. The third kappa shape index (κ3) is 3.36. The predicted octanol–water partition coefficient (Wildman–Crippen LogP) is 4.26. The third-order valence-electron chi connectivity index (χ3n) is 5.22. The first kappa shape index (κ1) is 15.4. The van der Waals surface area contributed by atoms with Crippen LogP contribution in [0.2, 0.25) is 0 Å². The van der Waals surface area contributed by atoms with E-state index in [1.807, 2.05) is 6.33 Å². The zero-order chi connectivity index (χ0) is 16.4. The number of nitrogens with zero attached hydrogens (tertiary/aromatic N) is 3. The number of hydrogen-bond acceptors (Lipinski definition) is 2. The van der Waals surface area contributed by atoms with Crippen molar-refractivity contribution < 1.29 is 0 Å². The molecule has 4 rings (SSSR count). The fraction of sp³-hybridized carbons (Fsp3) is 0.381. The SMILES string of the molecule is Cc1ccc(CN2CCC(Cn3cnc4ccccc43)CC2)cc1. The van der Waals surface area contributed by atoms with E-state index in [9.17, 15) is 0 Å². The Labute approximate surface area is 143 Å². The maximum atomic E-state index is 4.51. The Hall–Kier alpha value is -2.13. The molecular weight excluding hydrogens is 294 g/mol. The summed E-state index contributed by atoms with van der Waals surface area (Å²) in [6.45, 7) is 6.73. The number of fused-ring (bicyclic) bond motifs is 1. The summed E-state index contributed by atoms with van der Waals surface area (Å²) in [4.78, 5) is 7.11. The van der Waals surface area contributed by atoms with Crippen LogP contribution in [0.4, 0.5) is 0 Å². The zero-order valence-electron chi connectivity index (χ0n) is 14.4. The van der Waals surface area contributed by atoms with Crippen LogP contribution < -0.4 is 0 Å². The van der Waals surface area contributed by atoms with Gasteiger partial charge in [0, 0.05) is 13.1 Å². The van der Waals surface area contributed by atoms with Crippen molar-refractivity contribution in [1.82, 2.24) is 14.5 Å². The normalized spacial score (nSPS) is 16.7. The molecular formula is C21H25N3. The van der Waals surface area contributed by atoms with Crippen LogP contribution in [-0.4, -0.2) is 27.5 Å². The van der Waals surface area contributed by atoms with Gasteiger partial charge in [0.15, 0.2) is 0 Å². The molecule has 124 valence electrons. The van der Waals surface area contributed by atoms with Gasteiger partial charge in [0.1, 0.15) is 0 Å². The average molecular weight is 319 g/mol. The molecule has 0 atom stereocenters. The Morgan fingerprint density at radius 2 is 1.75 bits per heavy atom. The number of piperidine rings is 1. The molecule has 0 radical (unpaired) electrons. The molecule has 0 unspecified atom stereocenters. The highest BCUT2D eigenvalue weighted by molar-refractivity contribution is 5.74. The van der Waals surface area contributed by atoms with Crippen molar-refractivity contribution in [3.05, 3.63) is 66.0 Å². The van der Waals surface area contributed by atoms with Gasteiger partial charge in [-0.25, -0.2) is 4.98 Å². The maximum Gasteiger partial charge on any atom is 0.0958 e. The van der Waals surface area contributed by atoms with Gasteiger partial charge in [-0.1, -0.05) is 42.0 Å². The second-order valence-corrected chi connectivity index (χ2v) is 7.09. The lowest BCUT2D eigenvalue weighted by atomic mass is 9.96. The van der Waals surface area contributed by atoms with Crippen molar-refractivity contribution in [2.75, 3.05) is 13.1 Å². The van der Waals surface area contributed by atoms with E-state index < -0.39 is 0 Å². The number of likely N-dealkylation sites (tertiary alicyclic amines) is 1. The number of aromatic nitrogens is 2. The maximum absolute atomic E-state index is 4.51. The van der Waals surface area contributed by atoms with Crippen LogP contribution in [0.1, 0.15) is 24.0 Å². The van der Waals surface area contributed by atoms with Gasteiger partial charge >= 0.3 is 0 Å². The van der Waals surface area contributed by atoms with Crippen molar-refractivity contribution in [1.29, 1.82) is 0 Å². The summed E-state index contributed by atoms with van der Waals surface area (Å²) in [6.07, 6.45) is 4.56. The van der Waals surface area contributed by atoms with Gasteiger partial charge in [-0.3, -0.25) is 4.90 Å². The largest absolute Gasteiger partial charge is 0.330 e. The monoisotopic (exact) mass is 319 g/mol. The second-order valence-electron chi connectivity index (χ2n) is 7.09. The van der Waals surface area contributed by atoms with E-state index >= 15 is 0 Å². The minimum absolute atomic E-state index is 0.761. The molecule has 1 aliphatic heterocycles. The van der Waals surface area contributed by atoms with E-state index in [1.165, 1.54) is 42.6 Å². The fourth-order valence-corrected chi connectivity index (χ4v) is 3.71. The molecule has 3 heteroatoms. The van der Waals surface area contributed by atoms with Gasteiger partial charge in [0.25, 0.3) is 0 Å². The Morgan fingerprint density at radius 3 is 2.54 bits per heavy atom. The van der Waals surface area contributed by atoms with Crippen LogP contribution in [0.15, 0.2) is 54.9 Å². The van der Waals surface area contributed by atoms with Crippen molar-refractivity contribution in [3.8, 4) is 0 Å². The summed E-state index contributed by atoms with van der Waals surface area (Å²) in [7, 11) is 0. The number of imidazole rings is 1. The van der Waals surface area contributed by atoms with Crippen LogP contribution in [0, 0.1) is 12.8 Å². The predicted molar refractivity (Wildman–Crippen MR) is 98.9 cm³/mol. The Balaban J connectivity index is 1.33. The van der Waals surface area contributed by atoms with Gasteiger partial charge < -0.3 is 4.57 Å². The van der Waals surface area contributed by atoms with E-state index in [1.54, 1.807) is 0 Å². The van der Waals surface area contributed by atoms with Gasteiger partial charge in [-0.15, -0.1) is 0 Å². The topological polar surface area (TPSA) is 21.1 Å². The summed E-state index contributed by atoms with van der Waals surface area (Å²) in [6, 6.07) is 17.4. The number of rotatable bonds is 4. The Morgan fingerprint density at radius 1 is 1.00 bits per heavy atom. The number of hydrogen-bond donors (Lipinski definition) is 0. The van der Waals surface area contributed by atoms with Crippen molar-refractivity contribution in [3.63, 3.8) is 0 Å². The first-order chi connectivity index (χ1) is 11.8. The molecule has 0 spiro atoms. The van der Waals surface area contributed by atoms with Crippen LogP contribution in [0.25, 0.3) is 11.0 Å². The number of aryl methyl sites for hydroxylation is 1. The van der Waals surface area contributed by atoms with Crippen molar-refractivity contribution >= 4 is 11.0 Å². The fourth-order valence-electron chi connectivity index (χ4n) is 3.71. The average Bonchev–Trinajstić information content (AvgIpc) is 3.02. The summed E-state index contributed by atoms with van der Waals surface area (Å²) in [5, 5.41) is 0. The molecule has 24 heavy (non-hydrogen) atoms. The minimum Gasteiger partial charge on any atom is -0.330 e. The minimum atomic E-state index is 0.761. The quantitative estimate of drug-likeness (QED) is 0.716. The van der Waals surface area contributed by atoms with Crippen LogP contribution in [0.5, 0.6) is 0 Å². The third-order valence-corrected chi connectivity index (χ3v) is 5.22. The summed E-state index contributed by atoms with van der Waals surface area (Å²) >= 11 is 0. The highest BCUT2D eigenvalue weighted by Crippen LogP contribution is 2.23. The Bertz CT molecular complexity index is 795. The number of benzene rings is 2. The molecule has 1 fully saturated rings. The van der Waals surface area contributed by atoms with E-state index in [2.05, 4.69) is 69.9 Å². The van der Waals surface area contributed by atoms with E-state index in [4.69, 9.17) is 0 Å². The molecule has 0 N–H and O–H groups in total. The summed E-state index contributed by atoms with van der Waals surface area (Å²) in [5.74, 6) is 0.761. The molecule has 1 aromatic heterocycles. The zero-order valence-corrected chi connectivity index (χ0v) is 14.4. The highest BCUT2D eigenvalue weighted by atomic mass is 15.1. The second kappa shape index (κ2) is 6.78. The van der Waals surface area contributed by atoms with Gasteiger partial charge in [-0.05, 0) is 56.5 Å². The lowest BCUT2D eigenvalue weighted by molar-refractivity contribution is 0.168. The molecule has 2 heterocycles. The molecule has 3 nitrogen and oxygen atoms in total. The smallest absolute Gasteiger partial charge is 0.0958 e. The van der Waals surface area contributed by atoms with E-state index in [-0.39, 0.29) is 0 Å². The standard InChI is InChI=1S/C21H25N3/c1-17-6-8-18(9-7-17)14-23-12-10-19(11-13-23)15-24-16-22-20-4-2-3-5-21(20)24/h2-9,16,19H,10-15H2,1H3. The molecule has 0 saturated carbocycles. The molecule has 0 amide bonds. The molecule has 2 aromatic carbocycles. The summed E-state index contributed by atoms with van der Waals surface area (Å²) in [5.41, 5.74) is 5.14. The highest BCUT2D eigenvalue weighted by Gasteiger charge is 2.20. The lowest BCUT2D eigenvalue weighted by Gasteiger charge is -2.32. The van der Waals surface area contributed by atoms with Crippen molar-refractivity contribution in [2.45, 2.75) is 32.9 Å². The van der Waals surface area contributed by atoms with Crippen LogP contribution >= 0.6 is 0 Å². The van der Waals surface area contributed by atoms with E-state index in [0.29, 0.717) is 0 Å². The molecule has 3 aromatic rings.